The van der Waals surface area contributed by atoms with Gasteiger partial charge in [0.25, 0.3) is 0 Å². The molecule has 0 radical (unpaired) electrons. The molecule has 2 atom stereocenters. The van der Waals surface area contributed by atoms with Crippen LogP contribution in [0.2, 0.25) is 0 Å². The van der Waals surface area contributed by atoms with Gasteiger partial charge in [-0.05, 0) is 19.9 Å². The summed E-state index contributed by atoms with van der Waals surface area (Å²) in [6.45, 7) is 3.59. The molecule has 1 aliphatic rings. The second kappa shape index (κ2) is 4.08. The summed E-state index contributed by atoms with van der Waals surface area (Å²) in [7, 11) is 1.98. The Morgan fingerprint density at radius 2 is 2.38 bits per heavy atom. The molecule has 1 fully saturated rings. The van der Waals surface area contributed by atoms with E-state index in [2.05, 4.69) is 11.0 Å². The minimum atomic E-state index is -0.750. The molecule has 0 spiro atoms. The van der Waals surface area contributed by atoms with Crippen molar-refractivity contribution in [1.29, 1.82) is 5.26 Å². The highest BCUT2D eigenvalue weighted by Crippen LogP contribution is 2.30. The molecule has 2 unspecified atom stereocenters. The molecule has 0 saturated carbocycles. The van der Waals surface area contributed by atoms with Gasteiger partial charge in [-0.15, -0.1) is 0 Å². The summed E-state index contributed by atoms with van der Waals surface area (Å²) in [6, 6.07) is 2.23. The monoisotopic (exact) mass is 182 g/mol. The largest absolute Gasteiger partial charge is 0.387 e. The minimum Gasteiger partial charge on any atom is -0.387 e. The van der Waals surface area contributed by atoms with Crippen molar-refractivity contribution in [2.45, 2.75) is 31.8 Å². The fourth-order valence-electron chi connectivity index (χ4n) is 2.04. The number of rotatable bonds is 3. The Bertz CT molecular complexity index is 211. The first-order valence-electron chi connectivity index (χ1n) is 4.93. The van der Waals surface area contributed by atoms with E-state index in [0.29, 0.717) is 6.54 Å². The van der Waals surface area contributed by atoms with Gasteiger partial charge in [-0.25, -0.2) is 0 Å². The second-order valence-electron chi connectivity index (χ2n) is 4.06. The average molecular weight is 182 g/mol. The molecule has 3 nitrogen and oxygen atoms in total. The molecule has 1 rings (SSSR count). The van der Waals surface area contributed by atoms with Gasteiger partial charge in [0.15, 0.2) is 0 Å². The molecule has 1 N–H and O–H groups in total. The Morgan fingerprint density at radius 1 is 1.69 bits per heavy atom. The Hall–Kier alpha value is -0.590. The molecule has 1 heterocycles. The summed E-state index contributed by atoms with van der Waals surface area (Å²) in [5.74, 6) is -0.192. The second-order valence-corrected chi connectivity index (χ2v) is 4.06. The van der Waals surface area contributed by atoms with Crippen LogP contribution >= 0.6 is 0 Å². The zero-order chi connectivity index (χ0) is 9.90. The molecule has 13 heavy (non-hydrogen) atoms. The van der Waals surface area contributed by atoms with Crippen LogP contribution in [0.25, 0.3) is 0 Å². The van der Waals surface area contributed by atoms with Crippen LogP contribution in [0.3, 0.4) is 0 Å². The number of likely N-dealkylation sites (tertiary alicyclic amines) is 1. The van der Waals surface area contributed by atoms with Crippen molar-refractivity contribution < 1.29 is 5.11 Å². The third kappa shape index (κ3) is 2.20. The zero-order valence-electron chi connectivity index (χ0n) is 8.45. The van der Waals surface area contributed by atoms with Crippen LogP contribution < -0.4 is 0 Å². The standard InChI is InChI=1S/C10H18N2O/c1-3-4-9(7-11)10(13)5-6-12(2)8-10/h9,13H,3-6,8H2,1-2H3. The predicted molar refractivity (Wildman–Crippen MR) is 51.1 cm³/mol. The van der Waals surface area contributed by atoms with Gasteiger partial charge in [-0.3, -0.25) is 0 Å². The average Bonchev–Trinajstić information content (AvgIpc) is 2.43. The maximum absolute atomic E-state index is 10.2. The summed E-state index contributed by atoms with van der Waals surface area (Å²) in [4.78, 5) is 2.08. The first kappa shape index (κ1) is 10.5. The molecule has 0 bridgehead atoms. The van der Waals surface area contributed by atoms with E-state index in [1.54, 1.807) is 0 Å². The molecule has 0 aromatic carbocycles. The molecule has 0 amide bonds. The van der Waals surface area contributed by atoms with Crippen molar-refractivity contribution in [3.63, 3.8) is 0 Å². The molecule has 3 heteroatoms. The van der Waals surface area contributed by atoms with Crippen LogP contribution in [0.1, 0.15) is 26.2 Å². The molecule has 1 saturated heterocycles. The van der Waals surface area contributed by atoms with Gasteiger partial charge >= 0.3 is 0 Å². The maximum atomic E-state index is 10.2. The van der Waals surface area contributed by atoms with Crippen molar-refractivity contribution in [3.8, 4) is 6.07 Å². The number of hydrogen-bond acceptors (Lipinski definition) is 3. The van der Waals surface area contributed by atoms with Gasteiger partial charge in [0.2, 0.25) is 0 Å². The van der Waals surface area contributed by atoms with E-state index >= 15 is 0 Å². The van der Waals surface area contributed by atoms with E-state index < -0.39 is 5.60 Å². The molecular weight excluding hydrogens is 164 g/mol. The third-order valence-electron chi connectivity index (χ3n) is 2.85. The van der Waals surface area contributed by atoms with E-state index in [0.717, 1.165) is 25.8 Å². The first-order chi connectivity index (χ1) is 6.12. The normalized spacial score (nSPS) is 31.5. The lowest BCUT2D eigenvalue weighted by Gasteiger charge is -2.27. The Labute approximate surface area is 80.0 Å². The van der Waals surface area contributed by atoms with E-state index in [-0.39, 0.29) is 5.92 Å². The predicted octanol–water partition coefficient (Wildman–Crippen LogP) is 0.993. The fourth-order valence-corrected chi connectivity index (χ4v) is 2.04. The zero-order valence-corrected chi connectivity index (χ0v) is 8.45. The molecule has 0 aromatic rings. The lowest BCUT2D eigenvalue weighted by Crippen LogP contribution is -2.39. The highest BCUT2D eigenvalue weighted by Gasteiger charge is 2.41. The van der Waals surface area contributed by atoms with Crippen molar-refractivity contribution in [1.82, 2.24) is 4.90 Å². The lowest BCUT2D eigenvalue weighted by atomic mass is 9.84. The van der Waals surface area contributed by atoms with Crippen molar-refractivity contribution in [2.75, 3.05) is 20.1 Å². The van der Waals surface area contributed by atoms with Gasteiger partial charge in [0, 0.05) is 13.1 Å². The van der Waals surface area contributed by atoms with E-state index in [4.69, 9.17) is 5.26 Å². The fraction of sp³-hybridized carbons (Fsp3) is 0.900. The highest BCUT2D eigenvalue weighted by atomic mass is 16.3. The number of β-amino-alcohol motifs (C(OH)–C–C–N with tert-alkyl or cyclic N) is 1. The Balaban J connectivity index is 2.62. The van der Waals surface area contributed by atoms with Crippen molar-refractivity contribution >= 4 is 0 Å². The van der Waals surface area contributed by atoms with Crippen LogP contribution in [0.5, 0.6) is 0 Å². The molecule has 0 aliphatic carbocycles. The third-order valence-corrected chi connectivity index (χ3v) is 2.85. The molecular formula is C10H18N2O. The van der Waals surface area contributed by atoms with Gasteiger partial charge in [-0.2, -0.15) is 5.26 Å². The number of hydrogen-bond donors (Lipinski definition) is 1. The summed E-state index contributed by atoms with van der Waals surface area (Å²) >= 11 is 0. The van der Waals surface area contributed by atoms with Crippen LogP contribution in [-0.2, 0) is 0 Å². The number of nitriles is 1. The molecule has 1 aliphatic heterocycles. The van der Waals surface area contributed by atoms with Crippen molar-refractivity contribution in [3.05, 3.63) is 0 Å². The van der Waals surface area contributed by atoms with Gasteiger partial charge in [-0.1, -0.05) is 13.3 Å². The SMILES string of the molecule is CCCC(C#N)C1(O)CCN(C)C1. The summed E-state index contributed by atoms with van der Waals surface area (Å²) in [5.41, 5.74) is -0.750. The van der Waals surface area contributed by atoms with E-state index in [1.807, 2.05) is 14.0 Å². The lowest BCUT2D eigenvalue weighted by molar-refractivity contribution is 0.0107. The maximum Gasteiger partial charge on any atom is 0.0943 e. The minimum absolute atomic E-state index is 0.192. The van der Waals surface area contributed by atoms with Gasteiger partial charge in [0.1, 0.15) is 0 Å². The van der Waals surface area contributed by atoms with Crippen LogP contribution in [0, 0.1) is 17.2 Å². The van der Waals surface area contributed by atoms with E-state index in [1.165, 1.54) is 0 Å². The Kier molecular flexibility index (Phi) is 3.29. The number of nitrogens with zero attached hydrogens (tertiary/aromatic N) is 2. The number of likely N-dealkylation sites (N-methyl/N-ethyl adjacent to an activating group) is 1. The van der Waals surface area contributed by atoms with Crippen LogP contribution in [0.15, 0.2) is 0 Å². The van der Waals surface area contributed by atoms with E-state index in [9.17, 15) is 5.11 Å². The molecule has 0 aromatic heterocycles. The van der Waals surface area contributed by atoms with Crippen LogP contribution in [-0.4, -0.2) is 35.7 Å². The van der Waals surface area contributed by atoms with Crippen LogP contribution in [0.4, 0.5) is 0 Å². The smallest absolute Gasteiger partial charge is 0.0943 e. The first-order valence-corrected chi connectivity index (χ1v) is 4.93. The van der Waals surface area contributed by atoms with Gasteiger partial charge in [0.05, 0.1) is 17.6 Å². The molecule has 74 valence electrons. The quantitative estimate of drug-likeness (QED) is 0.708. The van der Waals surface area contributed by atoms with Gasteiger partial charge < -0.3 is 10.0 Å². The summed E-state index contributed by atoms with van der Waals surface area (Å²) in [5, 5.41) is 19.1. The summed E-state index contributed by atoms with van der Waals surface area (Å²) < 4.78 is 0. The van der Waals surface area contributed by atoms with Crippen molar-refractivity contribution in [2.24, 2.45) is 5.92 Å². The topological polar surface area (TPSA) is 47.3 Å². The highest BCUT2D eigenvalue weighted by molar-refractivity contribution is 5.03. The number of aliphatic hydroxyl groups is 1. The summed E-state index contributed by atoms with van der Waals surface area (Å²) in [6.07, 6.45) is 2.51. The Morgan fingerprint density at radius 3 is 2.77 bits per heavy atom.